The summed E-state index contributed by atoms with van der Waals surface area (Å²) in [7, 11) is 0. The molecule has 8 heteroatoms. The molecule has 0 aliphatic carbocycles. The molecule has 4 aromatic rings. The standard InChI is InChI=1S/C27H22FN5O2/c1-17-23(27(35)32-19-12-6-3-7-13-19)24(20-14-8-9-15-22(20)28)33-25(30-17)21(16-29-33)26(34)31-18-10-4-2-5-11-18/h2-16,24,30H,1H3,(H,31,34)(H,32,35)/t24-/m1/s1. The third kappa shape index (κ3) is 4.29. The van der Waals surface area contributed by atoms with Crippen molar-refractivity contribution >= 4 is 29.0 Å². The first-order valence-electron chi connectivity index (χ1n) is 11.1. The second kappa shape index (κ2) is 9.26. The molecule has 1 aliphatic rings. The van der Waals surface area contributed by atoms with E-state index in [2.05, 4.69) is 21.0 Å². The van der Waals surface area contributed by atoms with E-state index in [-0.39, 0.29) is 17.0 Å². The number of amides is 2. The monoisotopic (exact) mass is 467 g/mol. The third-order valence-electron chi connectivity index (χ3n) is 5.78. The molecular formula is C27H22FN5O2. The topological polar surface area (TPSA) is 88.0 Å². The summed E-state index contributed by atoms with van der Waals surface area (Å²) < 4.78 is 16.5. The Morgan fingerprint density at radius 3 is 2.06 bits per heavy atom. The Kier molecular flexibility index (Phi) is 5.85. The van der Waals surface area contributed by atoms with Crippen LogP contribution in [0.15, 0.2) is 102 Å². The van der Waals surface area contributed by atoms with Gasteiger partial charge in [0.15, 0.2) is 0 Å². The van der Waals surface area contributed by atoms with Gasteiger partial charge in [0, 0.05) is 22.6 Å². The number of carbonyl (C=O) groups is 2. The minimum Gasteiger partial charge on any atom is -0.343 e. The van der Waals surface area contributed by atoms with Crippen molar-refractivity contribution in [3.05, 3.63) is 119 Å². The molecule has 7 nitrogen and oxygen atoms in total. The lowest BCUT2D eigenvalue weighted by atomic mass is 9.94. The van der Waals surface area contributed by atoms with Gasteiger partial charge in [0.1, 0.15) is 23.2 Å². The van der Waals surface area contributed by atoms with E-state index < -0.39 is 17.8 Å². The van der Waals surface area contributed by atoms with Gasteiger partial charge in [-0.2, -0.15) is 5.10 Å². The van der Waals surface area contributed by atoms with Crippen LogP contribution >= 0.6 is 0 Å². The number of halogens is 1. The number of aromatic nitrogens is 2. The van der Waals surface area contributed by atoms with Crippen molar-refractivity contribution in [3.63, 3.8) is 0 Å². The lowest BCUT2D eigenvalue weighted by Gasteiger charge is -2.30. The normalized spacial score (nSPS) is 14.6. The van der Waals surface area contributed by atoms with Gasteiger partial charge in [0.2, 0.25) is 0 Å². The number of rotatable bonds is 5. The molecule has 5 rings (SSSR count). The number of anilines is 3. The molecule has 3 N–H and O–H groups in total. The van der Waals surface area contributed by atoms with Gasteiger partial charge in [-0.3, -0.25) is 9.59 Å². The fourth-order valence-electron chi connectivity index (χ4n) is 4.14. The molecule has 0 radical (unpaired) electrons. The van der Waals surface area contributed by atoms with Gasteiger partial charge in [-0.15, -0.1) is 0 Å². The van der Waals surface area contributed by atoms with E-state index in [0.717, 1.165) is 0 Å². The zero-order valence-corrected chi connectivity index (χ0v) is 18.8. The van der Waals surface area contributed by atoms with Gasteiger partial charge in [-0.1, -0.05) is 54.6 Å². The van der Waals surface area contributed by atoms with Crippen LogP contribution in [0.5, 0.6) is 0 Å². The number of hydrogen-bond donors (Lipinski definition) is 3. The maximum atomic E-state index is 15.0. The molecule has 2 heterocycles. The second-order valence-electron chi connectivity index (χ2n) is 8.08. The SMILES string of the molecule is CC1=C(C(=O)Nc2ccccc2)[C@@H](c2ccccc2F)n2ncc(C(=O)Nc3ccccc3)c2N1. The number of nitrogens with zero attached hydrogens (tertiary/aromatic N) is 2. The lowest BCUT2D eigenvalue weighted by molar-refractivity contribution is -0.113. The van der Waals surface area contributed by atoms with E-state index in [4.69, 9.17) is 0 Å². The first-order chi connectivity index (χ1) is 17.0. The Bertz CT molecular complexity index is 1430. The molecule has 2 amide bonds. The average Bonchev–Trinajstić information content (AvgIpc) is 3.28. The predicted molar refractivity (Wildman–Crippen MR) is 133 cm³/mol. The van der Waals surface area contributed by atoms with Crippen molar-refractivity contribution < 1.29 is 14.0 Å². The van der Waals surface area contributed by atoms with Crippen molar-refractivity contribution in [2.24, 2.45) is 0 Å². The summed E-state index contributed by atoms with van der Waals surface area (Å²) in [5.74, 6) is -0.873. The highest BCUT2D eigenvalue weighted by molar-refractivity contribution is 6.09. The molecule has 1 aliphatic heterocycles. The van der Waals surface area contributed by atoms with E-state index >= 15 is 4.39 Å². The fraction of sp³-hybridized carbons (Fsp3) is 0.0741. The van der Waals surface area contributed by atoms with E-state index in [1.165, 1.54) is 16.9 Å². The Morgan fingerprint density at radius 1 is 0.857 bits per heavy atom. The highest BCUT2D eigenvalue weighted by Gasteiger charge is 2.36. The maximum absolute atomic E-state index is 15.0. The summed E-state index contributed by atoms with van der Waals surface area (Å²) in [4.78, 5) is 26.5. The highest BCUT2D eigenvalue weighted by atomic mass is 19.1. The third-order valence-corrected chi connectivity index (χ3v) is 5.78. The Morgan fingerprint density at radius 2 is 1.43 bits per heavy atom. The number of hydrogen-bond acceptors (Lipinski definition) is 4. The maximum Gasteiger partial charge on any atom is 0.261 e. The van der Waals surface area contributed by atoms with Gasteiger partial charge >= 0.3 is 0 Å². The number of para-hydroxylation sites is 2. The summed E-state index contributed by atoms with van der Waals surface area (Å²) in [6.45, 7) is 1.73. The molecule has 0 bridgehead atoms. The number of fused-ring (bicyclic) bond motifs is 1. The molecule has 1 aromatic heterocycles. The van der Waals surface area contributed by atoms with Crippen LogP contribution in [0.25, 0.3) is 0 Å². The number of carbonyl (C=O) groups excluding carboxylic acids is 2. The molecule has 1 atom stereocenters. The van der Waals surface area contributed by atoms with Gasteiger partial charge in [0.25, 0.3) is 11.8 Å². The van der Waals surface area contributed by atoms with Crippen LogP contribution in [-0.2, 0) is 4.79 Å². The summed E-state index contributed by atoms with van der Waals surface area (Å²) >= 11 is 0. The van der Waals surface area contributed by atoms with Crippen molar-refractivity contribution in [2.75, 3.05) is 16.0 Å². The lowest BCUT2D eigenvalue weighted by Crippen LogP contribution is -2.32. The predicted octanol–water partition coefficient (Wildman–Crippen LogP) is 5.20. The first kappa shape index (κ1) is 22.1. The number of allylic oxidation sites excluding steroid dienone is 1. The summed E-state index contributed by atoms with van der Waals surface area (Å²) in [5.41, 5.74) is 2.58. The number of nitrogens with one attached hydrogen (secondary N) is 3. The minimum atomic E-state index is -0.880. The van der Waals surface area contributed by atoms with E-state index in [9.17, 15) is 9.59 Å². The van der Waals surface area contributed by atoms with Gasteiger partial charge in [-0.25, -0.2) is 9.07 Å². The van der Waals surface area contributed by atoms with Crippen molar-refractivity contribution in [1.82, 2.24) is 9.78 Å². The van der Waals surface area contributed by atoms with Crippen LogP contribution in [0.3, 0.4) is 0 Å². The van der Waals surface area contributed by atoms with Gasteiger partial charge in [0.05, 0.1) is 11.8 Å². The van der Waals surface area contributed by atoms with Crippen molar-refractivity contribution in [1.29, 1.82) is 0 Å². The van der Waals surface area contributed by atoms with Crippen LogP contribution in [0, 0.1) is 5.82 Å². The van der Waals surface area contributed by atoms with Crippen LogP contribution in [0.1, 0.15) is 28.9 Å². The minimum absolute atomic E-state index is 0.269. The van der Waals surface area contributed by atoms with Crippen LogP contribution in [0.4, 0.5) is 21.6 Å². The summed E-state index contributed by atoms with van der Waals surface area (Å²) in [6.07, 6.45) is 1.42. The zero-order chi connectivity index (χ0) is 24.4. The quantitative estimate of drug-likeness (QED) is 0.376. The van der Waals surface area contributed by atoms with Crippen molar-refractivity contribution in [3.8, 4) is 0 Å². The van der Waals surface area contributed by atoms with E-state index in [1.54, 1.807) is 49.4 Å². The summed E-state index contributed by atoms with van der Waals surface area (Å²) in [6, 6.07) is 23.4. The molecule has 0 saturated heterocycles. The molecule has 3 aromatic carbocycles. The summed E-state index contributed by atoms with van der Waals surface area (Å²) in [5, 5.41) is 13.3. The molecular weight excluding hydrogens is 445 g/mol. The van der Waals surface area contributed by atoms with E-state index in [1.807, 2.05) is 36.4 Å². The van der Waals surface area contributed by atoms with Gasteiger partial charge in [-0.05, 0) is 37.3 Å². The molecule has 0 saturated carbocycles. The smallest absolute Gasteiger partial charge is 0.261 e. The van der Waals surface area contributed by atoms with E-state index in [0.29, 0.717) is 28.5 Å². The molecule has 0 fully saturated rings. The molecule has 174 valence electrons. The Hall–Kier alpha value is -4.72. The second-order valence-corrected chi connectivity index (χ2v) is 8.08. The fourth-order valence-corrected chi connectivity index (χ4v) is 4.14. The first-order valence-corrected chi connectivity index (χ1v) is 11.1. The van der Waals surface area contributed by atoms with Crippen LogP contribution in [-0.4, -0.2) is 21.6 Å². The molecule has 35 heavy (non-hydrogen) atoms. The highest BCUT2D eigenvalue weighted by Crippen LogP contribution is 2.38. The Balaban J connectivity index is 1.56. The van der Waals surface area contributed by atoms with Crippen LogP contribution in [0.2, 0.25) is 0 Å². The zero-order valence-electron chi connectivity index (χ0n) is 18.8. The largest absolute Gasteiger partial charge is 0.343 e. The number of benzene rings is 3. The molecule has 0 spiro atoms. The average molecular weight is 468 g/mol. The van der Waals surface area contributed by atoms with Crippen LogP contribution < -0.4 is 16.0 Å². The molecule has 0 unspecified atom stereocenters. The van der Waals surface area contributed by atoms with Gasteiger partial charge < -0.3 is 16.0 Å². The Labute approximate surface area is 201 Å². The van der Waals surface area contributed by atoms with Crippen molar-refractivity contribution in [2.45, 2.75) is 13.0 Å².